The Kier molecular flexibility index (Phi) is 2.97. The predicted molar refractivity (Wildman–Crippen MR) is 77.0 cm³/mol. The SMILES string of the molecule is O=C(O)c1ccc(-c2nc3ccc(Cl)cc3s2)cc1. The number of halogens is 1. The van der Waals surface area contributed by atoms with Gasteiger partial charge in [-0.05, 0) is 30.3 Å². The molecule has 0 atom stereocenters. The molecule has 1 N–H and O–H groups in total. The summed E-state index contributed by atoms with van der Waals surface area (Å²) in [6.45, 7) is 0. The number of fused-ring (bicyclic) bond motifs is 1. The summed E-state index contributed by atoms with van der Waals surface area (Å²) in [5, 5.41) is 10.4. The second-order valence-corrected chi connectivity index (χ2v) is 5.48. The summed E-state index contributed by atoms with van der Waals surface area (Å²) in [6.07, 6.45) is 0. The van der Waals surface area contributed by atoms with Crippen LogP contribution in [0.5, 0.6) is 0 Å². The minimum absolute atomic E-state index is 0.271. The molecule has 0 aliphatic rings. The summed E-state index contributed by atoms with van der Waals surface area (Å²) < 4.78 is 1.02. The normalized spacial score (nSPS) is 10.8. The van der Waals surface area contributed by atoms with Gasteiger partial charge in [-0.3, -0.25) is 0 Å². The molecule has 0 spiro atoms. The van der Waals surface area contributed by atoms with Gasteiger partial charge in [0.05, 0.1) is 15.8 Å². The van der Waals surface area contributed by atoms with Gasteiger partial charge in [0.1, 0.15) is 5.01 Å². The molecule has 0 aliphatic carbocycles. The molecule has 1 heterocycles. The summed E-state index contributed by atoms with van der Waals surface area (Å²) >= 11 is 7.48. The molecule has 0 radical (unpaired) electrons. The second kappa shape index (κ2) is 4.64. The Morgan fingerprint density at radius 2 is 1.89 bits per heavy atom. The Hall–Kier alpha value is -1.91. The molecule has 0 fully saturated rings. The Bertz CT molecular complexity index is 765. The summed E-state index contributed by atoms with van der Waals surface area (Å²) in [6, 6.07) is 12.3. The van der Waals surface area contributed by atoms with Crippen LogP contribution in [0, 0.1) is 0 Å². The van der Waals surface area contributed by atoms with Crippen molar-refractivity contribution >= 4 is 39.1 Å². The van der Waals surface area contributed by atoms with Crippen LogP contribution in [0.15, 0.2) is 42.5 Å². The third kappa shape index (κ3) is 2.32. The van der Waals surface area contributed by atoms with E-state index in [2.05, 4.69) is 4.98 Å². The van der Waals surface area contributed by atoms with E-state index < -0.39 is 5.97 Å². The van der Waals surface area contributed by atoms with Crippen LogP contribution in [0.3, 0.4) is 0 Å². The van der Waals surface area contributed by atoms with E-state index in [1.165, 1.54) is 11.3 Å². The number of benzene rings is 2. The molecule has 19 heavy (non-hydrogen) atoms. The van der Waals surface area contributed by atoms with Gasteiger partial charge >= 0.3 is 5.97 Å². The quantitative estimate of drug-likeness (QED) is 0.764. The van der Waals surface area contributed by atoms with Crippen LogP contribution >= 0.6 is 22.9 Å². The van der Waals surface area contributed by atoms with Crippen molar-refractivity contribution < 1.29 is 9.90 Å². The van der Waals surface area contributed by atoms with E-state index in [-0.39, 0.29) is 5.56 Å². The number of carboxylic acid groups (broad SMARTS) is 1. The minimum atomic E-state index is -0.928. The van der Waals surface area contributed by atoms with Gasteiger partial charge < -0.3 is 5.11 Å². The van der Waals surface area contributed by atoms with E-state index >= 15 is 0 Å². The van der Waals surface area contributed by atoms with Gasteiger partial charge in [0, 0.05) is 10.6 Å². The fourth-order valence-corrected chi connectivity index (χ4v) is 3.02. The molecule has 94 valence electrons. The Morgan fingerprint density at radius 1 is 1.16 bits per heavy atom. The predicted octanol–water partition coefficient (Wildman–Crippen LogP) is 4.31. The van der Waals surface area contributed by atoms with Gasteiger partial charge in [-0.15, -0.1) is 11.3 Å². The lowest BCUT2D eigenvalue weighted by Crippen LogP contribution is -1.94. The zero-order chi connectivity index (χ0) is 13.4. The molecular weight excluding hydrogens is 282 g/mol. The van der Waals surface area contributed by atoms with Crippen molar-refractivity contribution in [2.24, 2.45) is 0 Å². The maximum Gasteiger partial charge on any atom is 0.335 e. The van der Waals surface area contributed by atoms with Crippen molar-refractivity contribution in [2.45, 2.75) is 0 Å². The van der Waals surface area contributed by atoms with E-state index in [4.69, 9.17) is 16.7 Å². The monoisotopic (exact) mass is 289 g/mol. The molecule has 3 aromatic rings. The van der Waals surface area contributed by atoms with Gasteiger partial charge in [0.15, 0.2) is 0 Å². The second-order valence-electron chi connectivity index (χ2n) is 4.01. The van der Waals surface area contributed by atoms with Gasteiger partial charge in [-0.2, -0.15) is 0 Å². The van der Waals surface area contributed by atoms with Crippen molar-refractivity contribution in [3.05, 3.63) is 53.1 Å². The highest BCUT2D eigenvalue weighted by atomic mass is 35.5. The molecule has 1 aromatic heterocycles. The highest BCUT2D eigenvalue weighted by Gasteiger charge is 2.08. The number of nitrogens with zero attached hydrogens (tertiary/aromatic N) is 1. The average molecular weight is 290 g/mol. The first kappa shape index (κ1) is 12.1. The van der Waals surface area contributed by atoms with E-state index in [0.29, 0.717) is 5.02 Å². The van der Waals surface area contributed by atoms with E-state index in [0.717, 1.165) is 20.8 Å². The Labute approximate surface area is 118 Å². The number of thiazole rings is 1. The molecule has 2 aromatic carbocycles. The third-order valence-electron chi connectivity index (χ3n) is 2.73. The fraction of sp³-hybridized carbons (Fsp3) is 0. The molecule has 0 bridgehead atoms. The first-order chi connectivity index (χ1) is 9.13. The van der Waals surface area contributed by atoms with E-state index in [9.17, 15) is 4.79 Å². The van der Waals surface area contributed by atoms with Crippen LogP contribution in [-0.2, 0) is 0 Å². The maximum atomic E-state index is 10.8. The summed E-state index contributed by atoms with van der Waals surface area (Å²) in [5.41, 5.74) is 2.07. The van der Waals surface area contributed by atoms with Crippen LogP contribution in [0.4, 0.5) is 0 Å². The third-order valence-corrected chi connectivity index (χ3v) is 4.03. The smallest absolute Gasteiger partial charge is 0.335 e. The summed E-state index contributed by atoms with van der Waals surface area (Å²) in [5.74, 6) is -0.928. The molecule has 0 amide bonds. The summed E-state index contributed by atoms with van der Waals surface area (Å²) in [7, 11) is 0. The number of carbonyl (C=O) groups is 1. The average Bonchev–Trinajstić information content (AvgIpc) is 2.81. The van der Waals surface area contributed by atoms with Crippen LogP contribution in [0.25, 0.3) is 20.8 Å². The van der Waals surface area contributed by atoms with Crippen molar-refractivity contribution in [2.75, 3.05) is 0 Å². The number of carboxylic acids is 1. The van der Waals surface area contributed by atoms with E-state index in [1.54, 1.807) is 30.3 Å². The molecule has 3 rings (SSSR count). The Balaban J connectivity index is 2.06. The van der Waals surface area contributed by atoms with Crippen LogP contribution in [0.1, 0.15) is 10.4 Å². The molecule has 0 saturated heterocycles. The largest absolute Gasteiger partial charge is 0.478 e. The lowest BCUT2D eigenvalue weighted by molar-refractivity contribution is 0.0697. The number of aromatic carboxylic acids is 1. The minimum Gasteiger partial charge on any atom is -0.478 e. The van der Waals surface area contributed by atoms with Crippen LogP contribution in [0.2, 0.25) is 5.02 Å². The van der Waals surface area contributed by atoms with Gasteiger partial charge in [0.2, 0.25) is 0 Å². The number of aromatic nitrogens is 1. The topological polar surface area (TPSA) is 50.2 Å². The van der Waals surface area contributed by atoms with Crippen molar-refractivity contribution in [3.63, 3.8) is 0 Å². The zero-order valence-electron chi connectivity index (χ0n) is 9.63. The summed E-state index contributed by atoms with van der Waals surface area (Å²) in [4.78, 5) is 15.3. The van der Waals surface area contributed by atoms with E-state index in [1.807, 2.05) is 12.1 Å². The highest BCUT2D eigenvalue weighted by molar-refractivity contribution is 7.21. The fourth-order valence-electron chi connectivity index (χ4n) is 1.78. The van der Waals surface area contributed by atoms with Crippen molar-refractivity contribution in [3.8, 4) is 10.6 Å². The van der Waals surface area contributed by atoms with Gasteiger partial charge in [-0.25, -0.2) is 9.78 Å². The van der Waals surface area contributed by atoms with Crippen molar-refractivity contribution in [1.82, 2.24) is 4.98 Å². The highest BCUT2D eigenvalue weighted by Crippen LogP contribution is 2.31. The number of rotatable bonds is 2. The molecule has 0 aliphatic heterocycles. The maximum absolute atomic E-state index is 10.8. The number of hydrogen-bond acceptors (Lipinski definition) is 3. The number of hydrogen-bond donors (Lipinski definition) is 1. The first-order valence-electron chi connectivity index (χ1n) is 5.53. The van der Waals surface area contributed by atoms with Crippen molar-refractivity contribution in [1.29, 1.82) is 0 Å². The van der Waals surface area contributed by atoms with Gasteiger partial charge in [0.25, 0.3) is 0 Å². The first-order valence-corrected chi connectivity index (χ1v) is 6.73. The van der Waals surface area contributed by atoms with Crippen LogP contribution < -0.4 is 0 Å². The molecular formula is C14H8ClNO2S. The Morgan fingerprint density at radius 3 is 2.58 bits per heavy atom. The zero-order valence-corrected chi connectivity index (χ0v) is 11.2. The molecule has 0 unspecified atom stereocenters. The molecule has 0 saturated carbocycles. The standard InChI is InChI=1S/C14H8ClNO2S/c15-10-5-6-11-12(7-10)19-13(16-11)8-1-3-9(4-2-8)14(17)18/h1-7H,(H,17,18). The lowest BCUT2D eigenvalue weighted by Gasteiger charge is -1.97. The molecule has 5 heteroatoms. The van der Waals surface area contributed by atoms with Crippen LogP contribution in [-0.4, -0.2) is 16.1 Å². The molecule has 3 nitrogen and oxygen atoms in total. The van der Waals surface area contributed by atoms with Gasteiger partial charge in [-0.1, -0.05) is 23.7 Å². The lowest BCUT2D eigenvalue weighted by atomic mass is 10.1.